The van der Waals surface area contributed by atoms with Gasteiger partial charge in [0, 0.05) is 37.2 Å². The summed E-state index contributed by atoms with van der Waals surface area (Å²) in [4.78, 5) is 25.9. The second-order valence-corrected chi connectivity index (χ2v) is 7.15. The van der Waals surface area contributed by atoms with Crippen LogP contribution in [0.5, 0.6) is 0 Å². The molecule has 1 amide bonds. The van der Waals surface area contributed by atoms with E-state index in [9.17, 15) is 9.59 Å². The van der Waals surface area contributed by atoms with E-state index in [1.54, 1.807) is 15.8 Å². The summed E-state index contributed by atoms with van der Waals surface area (Å²) in [6, 6.07) is 7.78. The normalized spacial score (nSPS) is 15.4. The Morgan fingerprint density at radius 1 is 1.22 bits per heavy atom. The van der Waals surface area contributed by atoms with Gasteiger partial charge in [0.25, 0.3) is 5.91 Å². The van der Waals surface area contributed by atoms with Gasteiger partial charge in [-0.3, -0.25) is 9.48 Å². The monoisotopic (exact) mass is 386 g/mol. The van der Waals surface area contributed by atoms with E-state index in [1.807, 2.05) is 35.9 Å². The van der Waals surface area contributed by atoms with Crippen LogP contribution in [0, 0.1) is 0 Å². The minimum atomic E-state index is -0.987. The average molecular weight is 387 g/mol. The molecule has 3 heterocycles. The van der Waals surface area contributed by atoms with Gasteiger partial charge in [-0.25, -0.2) is 4.79 Å². The van der Waals surface area contributed by atoms with Crippen LogP contribution in [0.25, 0.3) is 10.9 Å². The number of hydrogen-bond donors (Lipinski definition) is 1. The first-order chi connectivity index (χ1) is 13.0. The van der Waals surface area contributed by atoms with Gasteiger partial charge < -0.3 is 14.6 Å². The molecule has 3 aromatic rings. The maximum atomic E-state index is 13.1. The first kappa shape index (κ1) is 17.6. The molecule has 140 valence electrons. The van der Waals surface area contributed by atoms with E-state index < -0.39 is 5.97 Å². The molecule has 4 rings (SSSR count). The van der Waals surface area contributed by atoms with Crippen LogP contribution >= 0.6 is 11.6 Å². The molecule has 0 bridgehead atoms. The molecule has 0 radical (unpaired) electrons. The Bertz CT molecular complexity index is 992. The maximum Gasteiger partial charge on any atom is 0.338 e. The largest absolute Gasteiger partial charge is 0.478 e. The molecule has 0 saturated carbocycles. The number of para-hydroxylation sites is 1. The Kier molecular flexibility index (Phi) is 4.39. The van der Waals surface area contributed by atoms with Gasteiger partial charge >= 0.3 is 5.97 Å². The number of carboxylic acids is 1. The Balaban J connectivity index is 1.51. The maximum absolute atomic E-state index is 13.1. The minimum Gasteiger partial charge on any atom is -0.478 e. The summed E-state index contributed by atoms with van der Waals surface area (Å²) in [7, 11) is 1.85. The fourth-order valence-corrected chi connectivity index (χ4v) is 4.08. The molecule has 1 aromatic carbocycles. The molecule has 0 atom stereocenters. The van der Waals surface area contributed by atoms with Gasteiger partial charge in [-0.05, 0) is 18.9 Å². The van der Waals surface area contributed by atoms with Crippen molar-refractivity contribution < 1.29 is 14.7 Å². The van der Waals surface area contributed by atoms with Crippen LogP contribution in [0.3, 0.4) is 0 Å². The molecule has 8 heteroatoms. The molecule has 0 aliphatic carbocycles. The van der Waals surface area contributed by atoms with Crippen LogP contribution in [0.2, 0.25) is 5.02 Å². The Labute approximate surface area is 160 Å². The Morgan fingerprint density at radius 3 is 2.56 bits per heavy atom. The summed E-state index contributed by atoms with van der Waals surface area (Å²) in [6.45, 7) is 1.15. The first-order valence-corrected chi connectivity index (χ1v) is 9.15. The van der Waals surface area contributed by atoms with Gasteiger partial charge in [-0.15, -0.1) is 0 Å². The summed E-state index contributed by atoms with van der Waals surface area (Å²) >= 11 is 6.50. The summed E-state index contributed by atoms with van der Waals surface area (Å²) in [6.07, 6.45) is 4.34. The molecule has 0 unspecified atom stereocenters. The number of carbonyl (C=O) groups is 2. The highest BCUT2D eigenvalue weighted by molar-refractivity contribution is 6.38. The fourth-order valence-electron chi connectivity index (χ4n) is 3.72. The predicted molar refractivity (Wildman–Crippen MR) is 101 cm³/mol. The van der Waals surface area contributed by atoms with E-state index in [2.05, 4.69) is 5.10 Å². The summed E-state index contributed by atoms with van der Waals surface area (Å²) in [5.74, 6) is -1.07. The van der Waals surface area contributed by atoms with Crippen molar-refractivity contribution in [2.75, 3.05) is 13.1 Å². The number of amides is 1. The predicted octanol–water partition coefficient (Wildman–Crippen LogP) is 3.20. The highest BCUT2D eigenvalue weighted by Crippen LogP contribution is 2.32. The summed E-state index contributed by atoms with van der Waals surface area (Å²) in [5.41, 5.74) is 1.61. The van der Waals surface area contributed by atoms with Crippen molar-refractivity contribution >= 4 is 34.4 Å². The van der Waals surface area contributed by atoms with Gasteiger partial charge in [0.05, 0.1) is 22.8 Å². The number of aromatic nitrogens is 3. The zero-order chi connectivity index (χ0) is 19.1. The van der Waals surface area contributed by atoms with Crippen molar-refractivity contribution in [2.24, 2.45) is 7.05 Å². The first-order valence-electron chi connectivity index (χ1n) is 8.77. The van der Waals surface area contributed by atoms with Crippen molar-refractivity contribution in [3.63, 3.8) is 0 Å². The van der Waals surface area contributed by atoms with Crippen LogP contribution in [0.15, 0.2) is 36.7 Å². The number of aromatic carboxylic acids is 1. The van der Waals surface area contributed by atoms with Crippen molar-refractivity contribution in [1.82, 2.24) is 19.2 Å². The van der Waals surface area contributed by atoms with Crippen molar-refractivity contribution in [1.29, 1.82) is 0 Å². The number of likely N-dealkylation sites (tertiary alicyclic amines) is 1. The van der Waals surface area contributed by atoms with Gasteiger partial charge in [0.2, 0.25) is 0 Å². The van der Waals surface area contributed by atoms with Crippen LogP contribution in [-0.2, 0) is 7.05 Å². The molecular weight excluding hydrogens is 368 g/mol. The number of halogens is 1. The third kappa shape index (κ3) is 2.98. The molecular formula is C19H19ClN4O3. The van der Waals surface area contributed by atoms with Crippen LogP contribution < -0.4 is 0 Å². The number of nitrogens with zero attached hydrogens (tertiary/aromatic N) is 4. The smallest absolute Gasteiger partial charge is 0.338 e. The Morgan fingerprint density at radius 2 is 1.93 bits per heavy atom. The van der Waals surface area contributed by atoms with E-state index in [0.717, 1.165) is 10.9 Å². The lowest BCUT2D eigenvalue weighted by atomic mass is 10.0. The number of piperidine rings is 1. The van der Waals surface area contributed by atoms with Crippen LogP contribution in [0.1, 0.15) is 39.7 Å². The number of hydrogen-bond acceptors (Lipinski definition) is 3. The number of benzene rings is 1. The van der Waals surface area contributed by atoms with E-state index in [0.29, 0.717) is 36.6 Å². The van der Waals surface area contributed by atoms with E-state index in [-0.39, 0.29) is 17.5 Å². The summed E-state index contributed by atoms with van der Waals surface area (Å²) in [5, 5.41) is 14.5. The second-order valence-electron chi connectivity index (χ2n) is 6.78. The molecule has 7 nitrogen and oxygen atoms in total. The molecule has 0 spiro atoms. The number of rotatable bonds is 3. The van der Waals surface area contributed by atoms with E-state index in [4.69, 9.17) is 16.7 Å². The van der Waals surface area contributed by atoms with Crippen molar-refractivity contribution in [3.05, 3.63) is 52.9 Å². The lowest BCUT2D eigenvalue weighted by molar-refractivity contribution is 0.0680. The quantitative estimate of drug-likeness (QED) is 0.749. The van der Waals surface area contributed by atoms with Gasteiger partial charge in [0.15, 0.2) is 0 Å². The molecule has 27 heavy (non-hydrogen) atoms. The SMILES string of the molecule is Cn1c(C(=O)N2CCC(n3cc(C(=O)O)cn3)CC2)c(Cl)c2ccccc21. The number of fused-ring (bicyclic) bond motifs is 1. The number of aryl methyl sites for hydroxylation is 1. The standard InChI is InChI=1S/C19H19ClN4O3/c1-22-15-5-3-2-4-14(15)16(20)17(22)18(25)23-8-6-13(7-9-23)24-11-12(10-21-24)19(26)27/h2-5,10-11,13H,6-9H2,1H3,(H,26,27). The molecule has 1 fully saturated rings. The van der Waals surface area contributed by atoms with Gasteiger partial charge in [-0.1, -0.05) is 29.8 Å². The second kappa shape index (κ2) is 6.74. The van der Waals surface area contributed by atoms with Crippen LogP contribution in [0.4, 0.5) is 0 Å². The lowest BCUT2D eigenvalue weighted by Crippen LogP contribution is -2.40. The minimum absolute atomic E-state index is 0.0798. The van der Waals surface area contributed by atoms with Crippen LogP contribution in [-0.4, -0.2) is 49.3 Å². The molecule has 1 aliphatic rings. The third-order valence-electron chi connectivity index (χ3n) is 5.22. The molecule has 1 N–H and O–H groups in total. The van der Waals surface area contributed by atoms with Crippen molar-refractivity contribution in [3.8, 4) is 0 Å². The third-order valence-corrected chi connectivity index (χ3v) is 5.60. The Hall–Kier alpha value is -2.80. The highest BCUT2D eigenvalue weighted by Gasteiger charge is 2.29. The fraction of sp³-hybridized carbons (Fsp3) is 0.316. The summed E-state index contributed by atoms with van der Waals surface area (Å²) < 4.78 is 3.54. The molecule has 2 aromatic heterocycles. The zero-order valence-electron chi connectivity index (χ0n) is 14.8. The number of carboxylic acid groups (broad SMARTS) is 1. The highest BCUT2D eigenvalue weighted by atomic mass is 35.5. The molecule has 1 saturated heterocycles. The lowest BCUT2D eigenvalue weighted by Gasteiger charge is -2.32. The van der Waals surface area contributed by atoms with E-state index >= 15 is 0 Å². The topological polar surface area (TPSA) is 80.4 Å². The zero-order valence-corrected chi connectivity index (χ0v) is 15.6. The number of carbonyl (C=O) groups excluding carboxylic acids is 1. The van der Waals surface area contributed by atoms with Crippen molar-refractivity contribution in [2.45, 2.75) is 18.9 Å². The van der Waals surface area contributed by atoms with Gasteiger partial charge in [-0.2, -0.15) is 5.10 Å². The van der Waals surface area contributed by atoms with E-state index in [1.165, 1.54) is 6.20 Å². The van der Waals surface area contributed by atoms with Gasteiger partial charge in [0.1, 0.15) is 5.69 Å². The molecule has 1 aliphatic heterocycles. The average Bonchev–Trinajstić information content (AvgIpc) is 3.26.